The molecule has 2 heteroatoms. The molecule has 2 heterocycles. The van der Waals surface area contributed by atoms with Crippen LogP contribution in [0.5, 0.6) is 0 Å². The van der Waals surface area contributed by atoms with Crippen molar-refractivity contribution >= 4 is 5.69 Å². The fraction of sp³-hybridized carbons (Fsp3) is 0.545. The summed E-state index contributed by atoms with van der Waals surface area (Å²) in [6.45, 7) is 2.46. The van der Waals surface area contributed by atoms with Gasteiger partial charge in [-0.3, -0.25) is 0 Å². The zero-order valence-corrected chi connectivity index (χ0v) is 8.24. The second-order valence-corrected chi connectivity index (χ2v) is 3.77. The van der Waals surface area contributed by atoms with Gasteiger partial charge in [-0.2, -0.15) is 0 Å². The number of nitrogens with zero attached hydrogens (tertiary/aromatic N) is 2. The molecule has 0 radical (unpaired) electrons. The van der Waals surface area contributed by atoms with Gasteiger partial charge >= 0.3 is 0 Å². The summed E-state index contributed by atoms with van der Waals surface area (Å²) in [5, 5.41) is 0. The van der Waals surface area contributed by atoms with Gasteiger partial charge in [0, 0.05) is 30.9 Å². The van der Waals surface area contributed by atoms with Crippen molar-refractivity contribution in [3.63, 3.8) is 0 Å². The molecule has 2 nitrogen and oxygen atoms in total. The van der Waals surface area contributed by atoms with Gasteiger partial charge in [-0.1, -0.05) is 0 Å². The van der Waals surface area contributed by atoms with Crippen molar-refractivity contribution in [2.45, 2.75) is 19.3 Å². The second kappa shape index (κ2) is 3.77. The molecule has 0 N–H and O–H groups in total. The van der Waals surface area contributed by atoms with E-state index in [1.807, 2.05) is 0 Å². The van der Waals surface area contributed by atoms with Crippen molar-refractivity contribution in [3.8, 4) is 0 Å². The molecule has 0 bridgehead atoms. The van der Waals surface area contributed by atoms with E-state index < -0.39 is 0 Å². The minimum Gasteiger partial charge on any atom is -0.371 e. The highest BCUT2D eigenvalue weighted by molar-refractivity contribution is 5.43. The minimum absolute atomic E-state index is 1.23. The number of anilines is 1. The zero-order valence-electron chi connectivity index (χ0n) is 8.24. The fourth-order valence-electron chi connectivity index (χ4n) is 1.86. The number of aryl methyl sites for hydroxylation is 1. The Kier molecular flexibility index (Phi) is 2.48. The fourth-order valence-corrected chi connectivity index (χ4v) is 1.86. The molecular weight excluding hydrogens is 160 g/mol. The highest BCUT2D eigenvalue weighted by atomic mass is 15.1. The Morgan fingerprint density at radius 2 is 1.69 bits per heavy atom. The highest BCUT2D eigenvalue weighted by Crippen LogP contribution is 2.17. The summed E-state index contributed by atoms with van der Waals surface area (Å²) in [6, 6.07) is 4.40. The Morgan fingerprint density at radius 1 is 1.08 bits per heavy atom. The number of piperidine rings is 1. The Morgan fingerprint density at radius 3 is 2.31 bits per heavy atom. The Labute approximate surface area is 79.8 Å². The van der Waals surface area contributed by atoms with Crippen molar-refractivity contribution in [1.29, 1.82) is 0 Å². The van der Waals surface area contributed by atoms with Crippen LogP contribution in [0.4, 0.5) is 5.69 Å². The first-order valence-corrected chi connectivity index (χ1v) is 5.06. The van der Waals surface area contributed by atoms with E-state index in [1.54, 1.807) is 0 Å². The van der Waals surface area contributed by atoms with Crippen LogP contribution in [0, 0.1) is 0 Å². The van der Waals surface area contributed by atoms with Crippen LogP contribution in [0.15, 0.2) is 24.5 Å². The van der Waals surface area contributed by atoms with Gasteiger partial charge in [0.25, 0.3) is 0 Å². The van der Waals surface area contributed by atoms with E-state index >= 15 is 0 Å². The summed E-state index contributed by atoms with van der Waals surface area (Å²) in [4.78, 5) is 2.48. The molecule has 0 aromatic carbocycles. The van der Waals surface area contributed by atoms with Crippen LogP contribution in [-0.2, 0) is 7.05 Å². The molecule has 2 rings (SSSR count). The third kappa shape index (κ3) is 2.00. The summed E-state index contributed by atoms with van der Waals surface area (Å²) in [7, 11) is 2.06. The molecule has 0 aliphatic carbocycles. The number of rotatable bonds is 1. The monoisotopic (exact) mass is 177 g/mol. The van der Waals surface area contributed by atoms with Gasteiger partial charge in [0.15, 0.2) is 12.4 Å². The molecule has 0 atom stereocenters. The smallest absolute Gasteiger partial charge is 0.170 e. The quantitative estimate of drug-likeness (QED) is 0.590. The van der Waals surface area contributed by atoms with Gasteiger partial charge < -0.3 is 4.90 Å². The SMILES string of the molecule is C[n+]1ccc(N2CCCCC2)cc1. The van der Waals surface area contributed by atoms with Crippen LogP contribution >= 0.6 is 0 Å². The molecule has 70 valence electrons. The molecule has 1 aliphatic rings. The first kappa shape index (κ1) is 8.54. The van der Waals surface area contributed by atoms with Crippen molar-refractivity contribution in [1.82, 2.24) is 0 Å². The lowest BCUT2D eigenvalue weighted by molar-refractivity contribution is -0.671. The average Bonchev–Trinajstić information content (AvgIpc) is 2.20. The molecule has 0 saturated carbocycles. The summed E-state index contributed by atoms with van der Waals surface area (Å²) in [5.41, 5.74) is 1.37. The van der Waals surface area contributed by atoms with E-state index in [0.717, 1.165) is 0 Å². The van der Waals surface area contributed by atoms with Gasteiger partial charge in [0.05, 0.1) is 0 Å². The Balaban J connectivity index is 2.10. The maximum atomic E-state index is 2.48. The molecule has 1 aromatic rings. The number of aromatic nitrogens is 1. The van der Waals surface area contributed by atoms with Gasteiger partial charge in [-0.05, 0) is 19.3 Å². The predicted octanol–water partition coefficient (Wildman–Crippen LogP) is 1.50. The lowest BCUT2D eigenvalue weighted by atomic mass is 10.1. The molecule has 0 spiro atoms. The second-order valence-electron chi connectivity index (χ2n) is 3.77. The van der Waals surface area contributed by atoms with Crippen LogP contribution in [0.1, 0.15) is 19.3 Å². The van der Waals surface area contributed by atoms with E-state index in [2.05, 4.69) is 41.0 Å². The Hall–Kier alpha value is -1.05. The number of hydrogen-bond donors (Lipinski definition) is 0. The molecule has 0 unspecified atom stereocenters. The van der Waals surface area contributed by atoms with Crippen LogP contribution in [0.25, 0.3) is 0 Å². The first-order chi connectivity index (χ1) is 6.36. The molecule has 0 amide bonds. The summed E-state index contributed by atoms with van der Waals surface area (Å²) < 4.78 is 2.08. The van der Waals surface area contributed by atoms with Crippen molar-refractivity contribution in [3.05, 3.63) is 24.5 Å². The summed E-state index contributed by atoms with van der Waals surface area (Å²) in [5.74, 6) is 0. The van der Waals surface area contributed by atoms with E-state index in [0.29, 0.717) is 0 Å². The maximum absolute atomic E-state index is 2.48. The summed E-state index contributed by atoms with van der Waals surface area (Å²) in [6.07, 6.45) is 8.33. The number of pyridine rings is 1. The van der Waals surface area contributed by atoms with Crippen molar-refractivity contribution in [2.75, 3.05) is 18.0 Å². The van der Waals surface area contributed by atoms with Crippen LogP contribution in [0.3, 0.4) is 0 Å². The zero-order chi connectivity index (χ0) is 9.10. The van der Waals surface area contributed by atoms with E-state index in [4.69, 9.17) is 0 Å². The maximum Gasteiger partial charge on any atom is 0.170 e. The lowest BCUT2D eigenvalue weighted by Gasteiger charge is -2.28. The summed E-state index contributed by atoms with van der Waals surface area (Å²) >= 11 is 0. The normalized spacial score (nSPS) is 17.5. The number of hydrogen-bond acceptors (Lipinski definition) is 1. The Bertz CT molecular complexity index is 260. The highest BCUT2D eigenvalue weighted by Gasteiger charge is 2.10. The molecule has 1 aliphatic heterocycles. The molecule has 1 saturated heterocycles. The third-order valence-electron chi connectivity index (χ3n) is 2.68. The standard InChI is InChI=1S/C11H17N2/c1-12-9-5-11(6-10-12)13-7-3-2-4-8-13/h5-6,9-10H,2-4,7-8H2,1H3/q+1. The van der Waals surface area contributed by atoms with Crippen molar-refractivity contribution < 1.29 is 4.57 Å². The van der Waals surface area contributed by atoms with E-state index in [9.17, 15) is 0 Å². The van der Waals surface area contributed by atoms with Gasteiger partial charge in [-0.25, -0.2) is 4.57 Å². The largest absolute Gasteiger partial charge is 0.371 e. The average molecular weight is 177 g/mol. The topological polar surface area (TPSA) is 7.12 Å². The predicted molar refractivity (Wildman–Crippen MR) is 53.7 cm³/mol. The minimum atomic E-state index is 1.23. The van der Waals surface area contributed by atoms with Gasteiger partial charge in [-0.15, -0.1) is 0 Å². The van der Waals surface area contributed by atoms with Gasteiger partial charge in [0.1, 0.15) is 7.05 Å². The van der Waals surface area contributed by atoms with Crippen LogP contribution in [0.2, 0.25) is 0 Å². The van der Waals surface area contributed by atoms with E-state index in [-0.39, 0.29) is 0 Å². The van der Waals surface area contributed by atoms with Gasteiger partial charge in [0.2, 0.25) is 0 Å². The molecule has 13 heavy (non-hydrogen) atoms. The van der Waals surface area contributed by atoms with E-state index in [1.165, 1.54) is 38.0 Å². The van der Waals surface area contributed by atoms with Crippen LogP contribution < -0.4 is 9.47 Å². The molecule has 1 fully saturated rings. The molecular formula is C11H17N2+. The third-order valence-corrected chi connectivity index (χ3v) is 2.68. The van der Waals surface area contributed by atoms with Crippen LogP contribution in [-0.4, -0.2) is 13.1 Å². The first-order valence-electron chi connectivity index (χ1n) is 5.06. The van der Waals surface area contributed by atoms with Crippen molar-refractivity contribution in [2.24, 2.45) is 7.05 Å². The lowest BCUT2D eigenvalue weighted by Crippen LogP contribution is -2.31. The molecule has 1 aromatic heterocycles.